The van der Waals surface area contributed by atoms with Crippen LogP contribution in [0.4, 0.5) is 5.69 Å². The molecule has 0 bridgehead atoms. The van der Waals surface area contributed by atoms with Crippen molar-refractivity contribution in [3.05, 3.63) is 58.6 Å². The molecule has 4 rings (SSSR count). The number of hydrogen-bond donors (Lipinski definition) is 1. The van der Waals surface area contributed by atoms with Gasteiger partial charge in [0.05, 0.1) is 4.90 Å². The number of carbonyl (C=O) groups is 2. The first-order valence-electron chi connectivity index (χ1n) is 11.2. The SMILES string of the molecule is CC(=O)N1c2ccc(S(=O)(=O)N3CCCCC3)cc2C[C@H]1C(=O)NCCc1ccc(Cl)cc1. The summed E-state index contributed by atoms with van der Waals surface area (Å²) in [6, 6.07) is 11.5. The number of carbonyl (C=O) groups excluding carboxylic acids is 2. The van der Waals surface area contributed by atoms with Crippen molar-refractivity contribution >= 4 is 39.1 Å². The van der Waals surface area contributed by atoms with Gasteiger partial charge >= 0.3 is 0 Å². The number of rotatable bonds is 6. The van der Waals surface area contributed by atoms with Gasteiger partial charge in [-0.15, -0.1) is 0 Å². The normalized spacial score (nSPS) is 18.7. The molecule has 1 N–H and O–H groups in total. The molecule has 2 amide bonds. The lowest BCUT2D eigenvalue weighted by atomic mass is 10.1. The Hall–Kier alpha value is -2.42. The predicted molar refractivity (Wildman–Crippen MR) is 128 cm³/mol. The van der Waals surface area contributed by atoms with Gasteiger partial charge in [0.25, 0.3) is 0 Å². The molecule has 2 aliphatic rings. The second-order valence-electron chi connectivity index (χ2n) is 8.53. The highest BCUT2D eigenvalue weighted by Gasteiger charge is 2.38. The Labute approximate surface area is 199 Å². The lowest BCUT2D eigenvalue weighted by Gasteiger charge is -2.26. The van der Waals surface area contributed by atoms with E-state index in [0.29, 0.717) is 42.3 Å². The van der Waals surface area contributed by atoms with Gasteiger partial charge in [-0.1, -0.05) is 30.2 Å². The van der Waals surface area contributed by atoms with Gasteiger partial charge in [-0.05, 0) is 60.7 Å². The molecule has 0 aromatic heterocycles. The average molecular weight is 490 g/mol. The molecule has 2 aliphatic heterocycles. The monoisotopic (exact) mass is 489 g/mol. The lowest BCUT2D eigenvalue weighted by molar-refractivity contribution is -0.125. The molecule has 0 aliphatic carbocycles. The van der Waals surface area contributed by atoms with E-state index in [0.717, 1.165) is 24.8 Å². The molecule has 1 saturated heterocycles. The number of sulfonamides is 1. The molecule has 33 heavy (non-hydrogen) atoms. The Morgan fingerprint density at radius 2 is 1.76 bits per heavy atom. The van der Waals surface area contributed by atoms with Crippen LogP contribution in [0.25, 0.3) is 0 Å². The first-order valence-corrected chi connectivity index (χ1v) is 13.0. The quantitative estimate of drug-likeness (QED) is 0.675. The van der Waals surface area contributed by atoms with Crippen molar-refractivity contribution in [3.63, 3.8) is 0 Å². The van der Waals surface area contributed by atoms with Crippen LogP contribution in [0, 0.1) is 0 Å². The fraction of sp³-hybridized carbons (Fsp3) is 0.417. The van der Waals surface area contributed by atoms with E-state index in [4.69, 9.17) is 11.6 Å². The largest absolute Gasteiger partial charge is 0.354 e. The van der Waals surface area contributed by atoms with Crippen LogP contribution in [0.15, 0.2) is 47.4 Å². The lowest BCUT2D eigenvalue weighted by Crippen LogP contribution is -2.47. The summed E-state index contributed by atoms with van der Waals surface area (Å²) >= 11 is 5.91. The third kappa shape index (κ3) is 5.08. The molecule has 2 heterocycles. The number of piperidine rings is 1. The molecule has 0 unspecified atom stereocenters. The Balaban J connectivity index is 1.48. The third-order valence-electron chi connectivity index (χ3n) is 6.26. The van der Waals surface area contributed by atoms with E-state index in [-0.39, 0.29) is 23.1 Å². The van der Waals surface area contributed by atoms with Crippen molar-refractivity contribution in [2.75, 3.05) is 24.5 Å². The second-order valence-corrected chi connectivity index (χ2v) is 10.9. The number of nitrogens with one attached hydrogen (secondary N) is 1. The Morgan fingerprint density at radius 1 is 1.06 bits per heavy atom. The Kier molecular flexibility index (Phi) is 7.07. The zero-order valence-electron chi connectivity index (χ0n) is 18.6. The summed E-state index contributed by atoms with van der Waals surface area (Å²) in [6.45, 7) is 2.89. The van der Waals surface area contributed by atoms with E-state index in [2.05, 4.69) is 5.32 Å². The Bertz CT molecular complexity index is 1140. The van der Waals surface area contributed by atoms with E-state index >= 15 is 0 Å². The molecule has 1 fully saturated rings. The topological polar surface area (TPSA) is 86.8 Å². The maximum Gasteiger partial charge on any atom is 0.243 e. The third-order valence-corrected chi connectivity index (χ3v) is 8.40. The minimum absolute atomic E-state index is 0.218. The van der Waals surface area contributed by atoms with Crippen LogP contribution < -0.4 is 10.2 Å². The van der Waals surface area contributed by atoms with Gasteiger partial charge in [0.15, 0.2) is 0 Å². The summed E-state index contributed by atoms with van der Waals surface area (Å²) in [4.78, 5) is 27.0. The smallest absolute Gasteiger partial charge is 0.243 e. The molecule has 0 radical (unpaired) electrons. The van der Waals surface area contributed by atoms with E-state index in [9.17, 15) is 18.0 Å². The van der Waals surface area contributed by atoms with Gasteiger partial charge in [0.1, 0.15) is 6.04 Å². The van der Waals surface area contributed by atoms with Crippen molar-refractivity contribution < 1.29 is 18.0 Å². The van der Waals surface area contributed by atoms with Crippen molar-refractivity contribution in [1.82, 2.24) is 9.62 Å². The van der Waals surface area contributed by atoms with Gasteiger partial charge < -0.3 is 5.32 Å². The number of amides is 2. The summed E-state index contributed by atoms with van der Waals surface area (Å²) in [5.41, 5.74) is 2.34. The van der Waals surface area contributed by atoms with Crippen LogP contribution in [0.2, 0.25) is 5.02 Å². The first-order chi connectivity index (χ1) is 15.8. The molecule has 9 heteroatoms. The van der Waals surface area contributed by atoms with Crippen LogP contribution in [-0.2, 0) is 32.5 Å². The van der Waals surface area contributed by atoms with Crippen LogP contribution in [0.5, 0.6) is 0 Å². The highest BCUT2D eigenvalue weighted by Crippen LogP contribution is 2.35. The molecule has 7 nitrogen and oxygen atoms in total. The van der Waals surface area contributed by atoms with Gasteiger partial charge in [0.2, 0.25) is 21.8 Å². The number of anilines is 1. The van der Waals surface area contributed by atoms with Crippen LogP contribution in [-0.4, -0.2) is 50.2 Å². The van der Waals surface area contributed by atoms with Crippen molar-refractivity contribution in [2.45, 2.75) is 50.0 Å². The number of fused-ring (bicyclic) bond motifs is 1. The molecule has 0 spiro atoms. The van der Waals surface area contributed by atoms with Crippen LogP contribution >= 0.6 is 11.6 Å². The van der Waals surface area contributed by atoms with E-state index < -0.39 is 16.1 Å². The highest BCUT2D eigenvalue weighted by molar-refractivity contribution is 7.89. The maximum atomic E-state index is 13.1. The van der Waals surface area contributed by atoms with Gasteiger partial charge in [0, 0.05) is 43.7 Å². The zero-order chi connectivity index (χ0) is 23.6. The maximum absolute atomic E-state index is 13.1. The summed E-state index contributed by atoms with van der Waals surface area (Å²) in [5.74, 6) is -0.506. The van der Waals surface area contributed by atoms with Crippen LogP contribution in [0.1, 0.15) is 37.3 Å². The average Bonchev–Trinajstić information content (AvgIpc) is 3.20. The fourth-order valence-electron chi connectivity index (χ4n) is 4.54. The van der Waals surface area contributed by atoms with E-state index in [1.807, 2.05) is 12.1 Å². The van der Waals surface area contributed by atoms with E-state index in [1.54, 1.807) is 30.3 Å². The number of hydrogen-bond acceptors (Lipinski definition) is 4. The fourth-order valence-corrected chi connectivity index (χ4v) is 6.23. The summed E-state index contributed by atoms with van der Waals surface area (Å²) in [7, 11) is -3.59. The minimum atomic E-state index is -3.59. The number of benzene rings is 2. The molecule has 0 saturated carbocycles. The molecule has 176 valence electrons. The number of halogens is 1. The summed E-state index contributed by atoms with van der Waals surface area (Å²) in [6.07, 6.45) is 3.69. The predicted octanol–water partition coefficient (Wildman–Crippen LogP) is 3.15. The second kappa shape index (κ2) is 9.83. The van der Waals surface area contributed by atoms with Gasteiger partial charge in [-0.25, -0.2) is 8.42 Å². The molecular formula is C24H28ClN3O4S. The van der Waals surface area contributed by atoms with Crippen molar-refractivity contribution in [1.29, 1.82) is 0 Å². The number of nitrogens with zero attached hydrogens (tertiary/aromatic N) is 2. The van der Waals surface area contributed by atoms with Gasteiger partial charge in [-0.2, -0.15) is 4.31 Å². The highest BCUT2D eigenvalue weighted by atomic mass is 35.5. The Morgan fingerprint density at radius 3 is 2.42 bits per heavy atom. The first kappa shape index (κ1) is 23.7. The molecular weight excluding hydrogens is 462 g/mol. The summed E-state index contributed by atoms with van der Waals surface area (Å²) < 4.78 is 27.7. The molecule has 1 atom stereocenters. The van der Waals surface area contributed by atoms with Crippen molar-refractivity contribution in [3.8, 4) is 0 Å². The zero-order valence-corrected chi connectivity index (χ0v) is 20.2. The standard InChI is InChI=1S/C24H28ClN3O4S/c1-17(29)28-22-10-9-21(33(31,32)27-13-3-2-4-14-27)15-19(22)16-23(28)24(30)26-12-11-18-5-7-20(25)8-6-18/h5-10,15,23H,2-4,11-14,16H2,1H3,(H,26,30)/t23-/m0/s1. The summed E-state index contributed by atoms with van der Waals surface area (Å²) in [5, 5.41) is 3.57. The van der Waals surface area contributed by atoms with Crippen LogP contribution in [0.3, 0.4) is 0 Å². The molecule has 2 aromatic rings. The van der Waals surface area contributed by atoms with Crippen molar-refractivity contribution in [2.24, 2.45) is 0 Å². The van der Waals surface area contributed by atoms with Gasteiger partial charge in [-0.3, -0.25) is 14.5 Å². The molecule has 2 aromatic carbocycles. The minimum Gasteiger partial charge on any atom is -0.354 e. The van der Waals surface area contributed by atoms with E-state index in [1.165, 1.54) is 16.1 Å².